The Labute approximate surface area is 91.2 Å². The van der Waals surface area contributed by atoms with Gasteiger partial charge < -0.3 is 9.47 Å². The fourth-order valence-corrected chi connectivity index (χ4v) is 1.22. The first-order valence-corrected chi connectivity index (χ1v) is 5.41. The van der Waals surface area contributed by atoms with Gasteiger partial charge in [-0.3, -0.25) is 0 Å². The van der Waals surface area contributed by atoms with Crippen LogP contribution in [0.1, 0.15) is 39.5 Å². The summed E-state index contributed by atoms with van der Waals surface area (Å²) >= 11 is 0. The second-order valence-corrected chi connectivity index (χ2v) is 3.42. The molecule has 0 heterocycles. The van der Waals surface area contributed by atoms with Gasteiger partial charge in [-0.25, -0.2) is 4.79 Å². The number of nitrogens with zero attached hydrogens (tertiary/aromatic N) is 1. The average Bonchev–Trinajstić information content (AvgIpc) is 2.26. The fraction of sp³-hybridized carbons (Fsp3) is 0.818. The SMILES string of the molecule is CCCCC(CC)COC(=O)OCC#N. The van der Waals surface area contributed by atoms with Crippen molar-refractivity contribution < 1.29 is 14.3 Å². The van der Waals surface area contributed by atoms with E-state index in [1.54, 1.807) is 6.07 Å². The summed E-state index contributed by atoms with van der Waals surface area (Å²) in [6, 6.07) is 1.71. The molecule has 0 saturated heterocycles. The molecule has 0 N–H and O–H groups in total. The van der Waals surface area contributed by atoms with Crippen LogP contribution in [0.2, 0.25) is 0 Å². The van der Waals surface area contributed by atoms with Crippen LogP contribution in [0.4, 0.5) is 4.79 Å². The van der Waals surface area contributed by atoms with Crippen LogP contribution in [0.25, 0.3) is 0 Å². The quantitative estimate of drug-likeness (QED) is 0.610. The first-order valence-electron chi connectivity index (χ1n) is 5.41. The summed E-state index contributed by atoms with van der Waals surface area (Å²) < 4.78 is 9.35. The topological polar surface area (TPSA) is 59.3 Å². The summed E-state index contributed by atoms with van der Waals surface area (Å²) in [7, 11) is 0. The van der Waals surface area contributed by atoms with Crippen molar-refractivity contribution in [2.24, 2.45) is 5.92 Å². The molecule has 0 bridgehead atoms. The number of carbonyl (C=O) groups is 1. The minimum absolute atomic E-state index is 0.245. The molecule has 0 saturated carbocycles. The van der Waals surface area contributed by atoms with E-state index in [-0.39, 0.29) is 6.61 Å². The lowest BCUT2D eigenvalue weighted by Gasteiger charge is -2.13. The molecule has 4 heteroatoms. The molecule has 0 aromatic rings. The molecule has 86 valence electrons. The van der Waals surface area contributed by atoms with Crippen molar-refractivity contribution in [3.63, 3.8) is 0 Å². The number of nitriles is 1. The van der Waals surface area contributed by atoms with Crippen LogP contribution < -0.4 is 0 Å². The van der Waals surface area contributed by atoms with E-state index in [1.807, 2.05) is 0 Å². The fourth-order valence-electron chi connectivity index (χ4n) is 1.22. The maximum Gasteiger partial charge on any atom is 0.509 e. The van der Waals surface area contributed by atoms with Gasteiger partial charge in [-0.15, -0.1) is 0 Å². The van der Waals surface area contributed by atoms with Crippen LogP contribution in [-0.4, -0.2) is 19.4 Å². The first-order chi connectivity index (χ1) is 7.24. The summed E-state index contributed by atoms with van der Waals surface area (Å²) in [4.78, 5) is 10.9. The molecule has 0 aliphatic rings. The van der Waals surface area contributed by atoms with E-state index in [2.05, 4.69) is 18.6 Å². The summed E-state index contributed by atoms with van der Waals surface area (Å²) in [5.41, 5.74) is 0. The number of carbonyl (C=O) groups excluding carboxylic acids is 1. The highest BCUT2D eigenvalue weighted by Gasteiger charge is 2.10. The van der Waals surface area contributed by atoms with E-state index >= 15 is 0 Å². The maximum absolute atomic E-state index is 10.9. The number of ether oxygens (including phenoxy) is 2. The number of hydrogen-bond donors (Lipinski definition) is 0. The molecule has 0 aromatic heterocycles. The molecule has 4 nitrogen and oxygen atoms in total. The maximum atomic E-state index is 10.9. The standard InChI is InChI=1S/C11H19NO3/c1-3-5-6-10(4-2)9-15-11(13)14-8-7-12/h10H,3-6,8-9H2,1-2H3. The molecule has 15 heavy (non-hydrogen) atoms. The van der Waals surface area contributed by atoms with Gasteiger partial charge in [-0.1, -0.05) is 33.1 Å². The average molecular weight is 213 g/mol. The Bertz CT molecular complexity index is 210. The molecule has 0 aliphatic heterocycles. The molecule has 0 spiro atoms. The van der Waals surface area contributed by atoms with Gasteiger partial charge in [-0.2, -0.15) is 5.26 Å². The van der Waals surface area contributed by atoms with Crippen LogP contribution in [0.15, 0.2) is 0 Å². The van der Waals surface area contributed by atoms with Crippen LogP contribution in [-0.2, 0) is 9.47 Å². The Morgan fingerprint density at radius 1 is 1.40 bits per heavy atom. The van der Waals surface area contributed by atoms with Crippen molar-refractivity contribution in [2.45, 2.75) is 39.5 Å². The van der Waals surface area contributed by atoms with Crippen molar-refractivity contribution in [1.29, 1.82) is 5.26 Å². The summed E-state index contributed by atoms with van der Waals surface area (Å²) in [6.07, 6.45) is 3.61. The van der Waals surface area contributed by atoms with Gasteiger partial charge in [0.2, 0.25) is 0 Å². The van der Waals surface area contributed by atoms with Gasteiger partial charge in [0.1, 0.15) is 6.07 Å². The zero-order valence-electron chi connectivity index (χ0n) is 9.49. The van der Waals surface area contributed by atoms with Gasteiger partial charge in [0.15, 0.2) is 6.61 Å². The minimum atomic E-state index is -0.744. The third-order valence-corrected chi connectivity index (χ3v) is 2.23. The highest BCUT2D eigenvalue weighted by molar-refractivity contribution is 5.59. The lowest BCUT2D eigenvalue weighted by Crippen LogP contribution is -2.15. The Balaban J connectivity index is 3.61. The van der Waals surface area contributed by atoms with Crippen LogP contribution in [0.5, 0.6) is 0 Å². The van der Waals surface area contributed by atoms with Crippen molar-refractivity contribution in [3.05, 3.63) is 0 Å². The molecule has 0 radical (unpaired) electrons. The largest absolute Gasteiger partial charge is 0.509 e. The molecule has 0 fully saturated rings. The number of hydrogen-bond acceptors (Lipinski definition) is 4. The van der Waals surface area contributed by atoms with Crippen molar-refractivity contribution in [1.82, 2.24) is 0 Å². The minimum Gasteiger partial charge on any atom is -0.434 e. The summed E-state index contributed by atoms with van der Waals surface area (Å²) in [5, 5.41) is 8.17. The van der Waals surface area contributed by atoms with E-state index in [0.717, 1.165) is 25.7 Å². The molecule has 0 amide bonds. The Morgan fingerprint density at radius 2 is 2.13 bits per heavy atom. The number of unbranched alkanes of at least 4 members (excludes halogenated alkanes) is 1. The van der Waals surface area contributed by atoms with Gasteiger partial charge in [0, 0.05) is 0 Å². The highest BCUT2D eigenvalue weighted by atomic mass is 16.7. The molecule has 0 rings (SSSR count). The van der Waals surface area contributed by atoms with E-state index < -0.39 is 6.16 Å². The Morgan fingerprint density at radius 3 is 2.67 bits per heavy atom. The molecule has 1 atom stereocenters. The van der Waals surface area contributed by atoms with Crippen molar-refractivity contribution in [3.8, 4) is 6.07 Å². The van der Waals surface area contributed by atoms with E-state index in [9.17, 15) is 4.79 Å². The first kappa shape index (κ1) is 13.8. The van der Waals surface area contributed by atoms with Crippen LogP contribution in [0.3, 0.4) is 0 Å². The second kappa shape index (κ2) is 9.32. The van der Waals surface area contributed by atoms with Gasteiger partial charge >= 0.3 is 6.16 Å². The monoisotopic (exact) mass is 213 g/mol. The number of rotatable bonds is 7. The van der Waals surface area contributed by atoms with Gasteiger partial charge in [-0.05, 0) is 12.3 Å². The van der Waals surface area contributed by atoms with Crippen molar-refractivity contribution in [2.75, 3.05) is 13.2 Å². The van der Waals surface area contributed by atoms with E-state index in [1.165, 1.54) is 0 Å². The Hall–Kier alpha value is -1.24. The predicted octanol–water partition coefficient (Wildman–Crippen LogP) is 2.88. The normalized spacial score (nSPS) is 11.5. The molecule has 1 unspecified atom stereocenters. The zero-order chi connectivity index (χ0) is 11.5. The third-order valence-electron chi connectivity index (χ3n) is 2.23. The van der Waals surface area contributed by atoms with Gasteiger partial charge in [0.25, 0.3) is 0 Å². The van der Waals surface area contributed by atoms with Gasteiger partial charge in [0.05, 0.1) is 6.61 Å². The highest BCUT2D eigenvalue weighted by Crippen LogP contribution is 2.12. The predicted molar refractivity (Wildman–Crippen MR) is 56.2 cm³/mol. The smallest absolute Gasteiger partial charge is 0.434 e. The zero-order valence-corrected chi connectivity index (χ0v) is 9.49. The van der Waals surface area contributed by atoms with Crippen molar-refractivity contribution >= 4 is 6.16 Å². The van der Waals surface area contributed by atoms with Crippen LogP contribution >= 0.6 is 0 Å². The second-order valence-electron chi connectivity index (χ2n) is 3.42. The molecule has 0 aliphatic carbocycles. The summed E-state index contributed by atoms with van der Waals surface area (Å²) in [5.74, 6) is 0.402. The Kier molecular flexibility index (Phi) is 8.55. The summed E-state index contributed by atoms with van der Waals surface area (Å²) in [6.45, 7) is 4.35. The lowest BCUT2D eigenvalue weighted by molar-refractivity contribution is 0.0504. The van der Waals surface area contributed by atoms with Crippen LogP contribution in [0, 0.1) is 17.2 Å². The third kappa shape index (κ3) is 7.80. The molecular weight excluding hydrogens is 194 g/mol. The lowest BCUT2D eigenvalue weighted by atomic mass is 10.0. The van der Waals surface area contributed by atoms with E-state index in [0.29, 0.717) is 12.5 Å². The van der Waals surface area contributed by atoms with E-state index in [4.69, 9.17) is 10.00 Å². The molecule has 0 aromatic carbocycles. The molecular formula is C11H19NO3.